The van der Waals surface area contributed by atoms with Crippen molar-refractivity contribution in [1.29, 1.82) is 0 Å². The molecule has 0 saturated carbocycles. The average Bonchev–Trinajstić information content (AvgIpc) is 3.28. The molecule has 3 aliphatic heterocycles. The van der Waals surface area contributed by atoms with Crippen LogP contribution >= 0.6 is 0 Å². The van der Waals surface area contributed by atoms with Crippen molar-refractivity contribution in [3.05, 3.63) is 18.0 Å². The first-order valence-electron chi connectivity index (χ1n) is 8.92. The third-order valence-corrected chi connectivity index (χ3v) is 5.44. The number of guanidine groups is 1. The molecule has 6 heteroatoms. The maximum atomic E-state index is 6.07. The molecule has 2 bridgehead atoms. The summed E-state index contributed by atoms with van der Waals surface area (Å²) < 4.78 is 8.04. The highest BCUT2D eigenvalue weighted by molar-refractivity contribution is 5.80. The summed E-state index contributed by atoms with van der Waals surface area (Å²) >= 11 is 0. The fourth-order valence-electron chi connectivity index (χ4n) is 4.41. The first kappa shape index (κ1) is 15.0. The smallest absolute Gasteiger partial charge is 0.194 e. The van der Waals surface area contributed by atoms with Gasteiger partial charge in [0.25, 0.3) is 0 Å². The molecule has 1 aromatic heterocycles. The topological polar surface area (TPSA) is 54.7 Å². The van der Waals surface area contributed by atoms with Crippen LogP contribution in [0.3, 0.4) is 0 Å². The Kier molecular flexibility index (Phi) is 4.01. The minimum atomic E-state index is 0.505. The van der Waals surface area contributed by atoms with Gasteiger partial charge in [-0.15, -0.1) is 0 Å². The van der Waals surface area contributed by atoms with E-state index in [1.165, 1.54) is 18.4 Å². The van der Waals surface area contributed by atoms with Gasteiger partial charge in [-0.1, -0.05) is 0 Å². The van der Waals surface area contributed by atoms with Gasteiger partial charge in [0.15, 0.2) is 5.96 Å². The van der Waals surface area contributed by atoms with Gasteiger partial charge in [-0.2, -0.15) is 5.10 Å². The molecule has 3 aliphatic rings. The largest absolute Gasteiger partial charge is 0.374 e. The number of rotatable bonds is 4. The van der Waals surface area contributed by atoms with E-state index in [1.807, 2.05) is 10.9 Å². The van der Waals surface area contributed by atoms with E-state index in [1.54, 1.807) is 0 Å². The zero-order valence-corrected chi connectivity index (χ0v) is 14.1. The number of likely N-dealkylation sites (tertiary alicyclic amines) is 1. The monoisotopic (exact) mass is 317 g/mol. The molecule has 23 heavy (non-hydrogen) atoms. The number of aliphatic imine (C=N–C) groups is 1. The number of fused-ring (bicyclic) bond motifs is 5. The predicted octanol–water partition coefficient (Wildman–Crippen LogP) is 1.27. The van der Waals surface area contributed by atoms with E-state index in [0.717, 1.165) is 38.7 Å². The number of hydrogen-bond acceptors (Lipinski definition) is 3. The third-order valence-electron chi connectivity index (χ3n) is 5.44. The van der Waals surface area contributed by atoms with Crippen molar-refractivity contribution in [3.8, 4) is 0 Å². The number of ether oxygens (including phenoxy) is 1. The van der Waals surface area contributed by atoms with E-state index in [9.17, 15) is 0 Å². The number of aromatic nitrogens is 2. The number of hydrogen-bond donors (Lipinski definition) is 1. The van der Waals surface area contributed by atoms with Crippen LogP contribution in [0.25, 0.3) is 0 Å². The zero-order valence-electron chi connectivity index (χ0n) is 14.1. The second kappa shape index (κ2) is 6.15. The average molecular weight is 317 g/mol. The molecule has 6 nitrogen and oxygen atoms in total. The Labute approximate surface area is 137 Å². The van der Waals surface area contributed by atoms with Crippen LogP contribution < -0.4 is 5.32 Å². The van der Waals surface area contributed by atoms with Gasteiger partial charge >= 0.3 is 0 Å². The molecule has 0 aromatic carbocycles. The molecule has 126 valence electrons. The van der Waals surface area contributed by atoms with Crippen molar-refractivity contribution < 1.29 is 4.74 Å². The van der Waals surface area contributed by atoms with Gasteiger partial charge in [0, 0.05) is 37.7 Å². The van der Waals surface area contributed by atoms with Crippen LogP contribution in [0.15, 0.2) is 17.4 Å². The Bertz CT molecular complexity index is 565. The Morgan fingerprint density at radius 3 is 2.70 bits per heavy atom. The normalized spacial score (nSPS) is 32.6. The number of nitrogens with one attached hydrogen (secondary N) is 1. The summed E-state index contributed by atoms with van der Waals surface area (Å²) in [4.78, 5) is 7.27. The van der Waals surface area contributed by atoms with Crippen molar-refractivity contribution in [2.75, 3.05) is 26.2 Å². The molecule has 4 unspecified atom stereocenters. The van der Waals surface area contributed by atoms with E-state index >= 15 is 0 Å². The van der Waals surface area contributed by atoms with E-state index in [4.69, 9.17) is 9.73 Å². The van der Waals surface area contributed by atoms with Gasteiger partial charge in [0.2, 0.25) is 0 Å². The molecule has 4 heterocycles. The fraction of sp³-hybridized carbons (Fsp3) is 0.765. The predicted molar refractivity (Wildman–Crippen MR) is 89.4 cm³/mol. The van der Waals surface area contributed by atoms with E-state index in [0.29, 0.717) is 24.0 Å². The van der Waals surface area contributed by atoms with Crippen molar-refractivity contribution in [2.24, 2.45) is 16.8 Å². The van der Waals surface area contributed by atoms with Gasteiger partial charge in [-0.25, -0.2) is 0 Å². The third kappa shape index (κ3) is 2.84. The lowest BCUT2D eigenvalue weighted by Crippen LogP contribution is -2.41. The first-order valence-corrected chi connectivity index (χ1v) is 8.92. The Morgan fingerprint density at radius 1 is 1.35 bits per heavy atom. The minimum Gasteiger partial charge on any atom is -0.374 e. The fourth-order valence-corrected chi connectivity index (χ4v) is 4.41. The van der Waals surface area contributed by atoms with E-state index in [-0.39, 0.29) is 0 Å². The molecule has 0 aliphatic carbocycles. The summed E-state index contributed by atoms with van der Waals surface area (Å²) in [5.74, 6) is 2.49. The highest BCUT2D eigenvalue weighted by atomic mass is 16.5. The lowest BCUT2D eigenvalue weighted by Gasteiger charge is -2.23. The van der Waals surface area contributed by atoms with Crippen LogP contribution in [0.5, 0.6) is 0 Å². The van der Waals surface area contributed by atoms with Gasteiger partial charge in [0.1, 0.15) is 0 Å². The van der Waals surface area contributed by atoms with Gasteiger partial charge in [0.05, 0.1) is 31.5 Å². The molecule has 0 spiro atoms. The Hall–Kier alpha value is -1.56. The van der Waals surface area contributed by atoms with Crippen LogP contribution in [-0.4, -0.2) is 59.0 Å². The molecule has 1 aromatic rings. The summed E-state index contributed by atoms with van der Waals surface area (Å²) in [6.07, 6.45) is 7.48. The first-order chi connectivity index (χ1) is 11.2. The maximum Gasteiger partial charge on any atom is 0.194 e. The van der Waals surface area contributed by atoms with Crippen molar-refractivity contribution in [3.63, 3.8) is 0 Å². The lowest BCUT2D eigenvalue weighted by atomic mass is 9.82. The van der Waals surface area contributed by atoms with Crippen LogP contribution in [0.4, 0.5) is 0 Å². The maximum absolute atomic E-state index is 6.07. The van der Waals surface area contributed by atoms with Gasteiger partial charge in [-0.3, -0.25) is 9.67 Å². The molecule has 4 rings (SSSR count). The highest BCUT2D eigenvalue weighted by Gasteiger charge is 2.53. The summed E-state index contributed by atoms with van der Waals surface area (Å²) in [5.41, 5.74) is 1.20. The van der Waals surface area contributed by atoms with Crippen LogP contribution in [0.1, 0.15) is 25.3 Å². The second-order valence-corrected chi connectivity index (χ2v) is 7.04. The lowest BCUT2D eigenvalue weighted by molar-refractivity contribution is 0.0767. The van der Waals surface area contributed by atoms with Crippen molar-refractivity contribution in [2.45, 2.75) is 45.4 Å². The summed E-state index contributed by atoms with van der Waals surface area (Å²) in [6.45, 7) is 8.90. The van der Waals surface area contributed by atoms with Crippen LogP contribution in [0.2, 0.25) is 0 Å². The molecule has 3 saturated heterocycles. The standard InChI is InChI=1S/C17H27N5O/c1-3-18-17(19-6-7-22-9-12(2)8-20-22)21-10-13-14(11-21)16-5-4-15(13)23-16/h8-9,13-16H,3-7,10-11H2,1-2H3,(H,18,19). The SMILES string of the molecule is CCNC(=NCCn1cc(C)cn1)N1CC2C3CCC(O3)C2C1. The van der Waals surface area contributed by atoms with Crippen LogP contribution in [-0.2, 0) is 11.3 Å². The van der Waals surface area contributed by atoms with E-state index in [2.05, 4.69) is 35.4 Å². The number of nitrogens with zero attached hydrogens (tertiary/aromatic N) is 4. The van der Waals surface area contributed by atoms with E-state index < -0.39 is 0 Å². The van der Waals surface area contributed by atoms with Crippen molar-refractivity contribution in [1.82, 2.24) is 20.0 Å². The molecule has 1 N–H and O–H groups in total. The quantitative estimate of drug-likeness (QED) is 0.671. The van der Waals surface area contributed by atoms with Gasteiger partial charge in [-0.05, 0) is 32.3 Å². The van der Waals surface area contributed by atoms with Crippen LogP contribution in [0, 0.1) is 18.8 Å². The van der Waals surface area contributed by atoms with Gasteiger partial charge < -0.3 is 15.0 Å². The molecular weight excluding hydrogens is 290 g/mol. The molecular formula is C17H27N5O. The highest BCUT2D eigenvalue weighted by Crippen LogP contribution is 2.47. The molecule has 4 atom stereocenters. The molecule has 0 amide bonds. The summed E-state index contributed by atoms with van der Waals surface area (Å²) in [6, 6.07) is 0. The minimum absolute atomic E-state index is 0.505. The summed E-state index contributed by atoms with van der Waals surface area (Å²) in [5, 5.41) is 7.79. The Morgan fingerprint density at radius 2 is 2.09 bits per heavy atom. The molecule has 3 fully saturated rings. The second-order valence-electron chi connectivity index (χ2n) is 7.04. The summed E-state index contributed by atoms with van der Waals surface area (Å²) in [7, 11) is 0. The zero-order chi connectivity index (χ0) is 15.8. The van der Waals surface area contributed by atoms with Crippen molar-refractivity contribution >= 4 is 5.96 Å². The number of aryl methyl sites for hydroxylation is 1. The Balaban J connectivity index is 1.38. The molecule has 0 radical (unpaired) electrons.